The summed E-state index contributed by atoms with van der Waals surface area (Å²) >= 11 is 0. The summed E-state index contributed by atoms with van der Waals surface area (Å²) in [6.07, 6.45) is 0.796. The molecule has 0 radical (unpaired) electrons. The van der Waals surface area contributed by atoms with E-state index >= 15 is 0 Å². The normalized spacial score (nSPS) is 10.4. The molecule has 0 fully saturated rings. The molecule has 0 saturated heterocycles. The molecule has 24 heavy (non-hydrogen) atoms. The zero-order valence-electron chi connectivity index (χ0n) is 14.0. The quantitative estimate of drug-likeness (QED) is 0.709. The number of aryl methyl sites for hydroxylation is 2. The van der Waals surface area contributed by atoms with Crippen molar-refractivity contribution in [2.45, 2.75) is 20.3 Å². The second kappa shape index (κ2) is 7.14. The summed E-state index contributed by atoms with van der Waals surface area (Å²) in [5.74, 6) is -0.0586. The highest BCUT2D eigenvalue weighted by Crippen LogP contribution is 2.21. The lowest BCUT2D eigenvalue weighted by Crippen LogP contribution is -2.15. The molecule has 0 spiro atoms. The van der Waals surface area contributed by atoms with E-state index in [1.165, 1.54) is 5.56 Å². The number of para-hydroxylation sites is 1. The fourth-order valence-corrected chi connectivity index (χ4v) is 2.78. The first-order valence-electron chi connectivity index (χ1n) is 8.14. The highest BCUT2D eigenvalue weighted by Gasteiger charge is 2.11. The standard InChI is InChI=1S/C22H21NO/c1-16-12-13-17(2)20(14-16)22(24)23-21-11-7-6-10-19(21)15-18-8-4-3-5-9-18/h3-14H,15H2,1-2H3,(H,23,24). The van der Waals surface area contributed by atoms with Crippen LogP contribution in [0, 0.1) is 13.8 Å². The first kappa shape index (κ1) is 16.0. The Kier molecular flexibility index (Phi) is 4.76. The number of nitrogens with one attached hydrogen (secondary N) is 1. The van der Waals surface area contributed by atoms with Crippen LogP contribution in [0.1, 0.15) is 32.6 Å². The number of benzene rings is 3. The molecule has 0 unspecified atom stereocenters. The molecule has 0 aliphatic rings. The molecule has 3 rings (SSSR count). The SMILES string of the molecule is Cc1ccc(C)c(C(=O)Nc2ccccc2Cc2ccccc2)c1. The summed E-state index contributed by atoms with van der Waals surface area (Å²) in [6, 6.07) is 24.2. The number of rotatable bonds is 4. The van der Waals surface area contributed by atoms with Crippen molar-refractivity contribution in [1.29, 1.82) is 0 Å². The van der Waals surface area contributed by atoms with Gasteiger partial charge in [0.2, 0.25) is 0 Å². The molecule has 0 bridgehead atoms. The Morgan fingerprint density at radius 1 is 0.875 bits per heavy atom. The predicted octanol–water partition coefficient (Wildman–Crippen LogP) is 5.15. The smallest absolute Gasteiger partial charge is 0.255 e. The Bertz CT molecular complexity index is 853. The van der Waals surface area contributed by atoms with Gasteiger partial charge in [-0.25, -0.2) is 0 Å². The average Bonchev–Trinajstić information content (AvgIpc) is 2.59. The minimum absolute atomic E-state index is 0.0586. The maximum atomic E-state index is 12.7. The number of carbonyl (C=O) groups is 1. The summed E-state index contributed by atoms with van der Waals surface area (Å²) in [4.78, 5) is 12.7. The van der Waals surface area contributed by atoms with Gasteiger partial charge in [0.05, 0.1) is 0 Å². The molecule has 0 aliphatic carbocycles. The summed E-state index contributed by atoms with van der Waals surface area (Å²) in [5.41, 5.74) is 6.01. The van der Waals surface area contributed by atoms with Gasteiger partial charge < -0.3 is 5.32 Å². The van der Waals surface area contributed by atoms with E-state index in [1.54, 1.807) is 0 Å². The summed E-state index contributed by atoms with van der Waals surface area (Å²) in [6.45, 7) is 3.96. The first-order valence-corrected chi connectivity index (χ1v) is 8.14. The van der Waals surface area contributed by atoms with E-state index in [1.807, 2.05) is 68.4 Å². The Labute approximate surface area is 143 Å². The number of amides is 1. The maximum absolute atomic E-state index is 12.7. The molecule has 0 saturated carbocycles. The Balaban J connectivity index is 1.85. The van der Waals surface area contributed by atoms with Crippen molar-refractivity contribution in [1.82, 2.24) is 0 Å². The van der Waals surface area contributed by atoms with E-state index < -0.39 is 0 Å². The summed E-state index contributed by atoms with van der Waals surface area (Å²) < 4.78 is 0. The van der Waals surface area contributed by atoms with Crippen LogP contribution in [0.25, 0.3) is 0 Å². The first-order chi connectivity index (χ1) is 11.6. The van der Waals surface area contributed by atoms with E-state index in [0.29, 0.717) is 0 Å². The highest BCUT2D eigenvalue weighted by atomic mass is 16.1. The van der Waals surface area contributed by atoms with Crippen LogP contribution in [-0.2, 0) is 6.42 Å². The molecule has 120 valence electrons. The number of carbonyl (C=O) groups excluding carboxylic acids is 1. The van der Waals surface area contributed by atoms with Crippen LogP contribution < -0.4 is 5.32 Å². The lowest BCUT2D eigenvalue weighted by atomic mass is 10.0. The topological polar surface area (TPSA) is 29.1 Å². The molecule has 2 nitrogen and oxygen atoms in total. The van der Waals surface area contributed by atoms with Gasteiger partial charge >= 0.3 is 0 Å². The Morgan fingerprint density at radius 2 is 1.58 bits per heavy atom. The van der Waals surface area contributed by atoms with Gasteiger partial charge in [-0.3, -0.25) is 4.79 Å². The van der Waals surface area contributed by atoms with Crippen molar-refractivity contribution >= 4 is 11.6 Å². The molecule has 3 aromatic rings. The van der Waals surface area contributed by atoms with Gasteiger partial charge in [0, 0.05) is 11.3 Å². The molecule has 0 aromatic heterocycles. The van der Waals surface area contributed by atoms with Gasteiger partial charge in [-0.2, -0.15) is 0 Å². The molecular formula is C22H21NO. The van der Waals surface area contributed by atoms with Crippen LogP contribution in [0.3, 0.4) is 0 Å². The van der Waals surface area contributed by atoms with Crippen LogP contribution in [0.4, 0.5) is 5.69 Å². The Hall–Kier alpha value is -2.87. The van der Waals surface area contributed by atoms with Crippen LogP contribution in [0.5, 0.6) is 0 Å². The summed E-state index contributed by atoms with van der Waals surface area (Å²) in [7, 11) is 0. The third kappa shape index (κ3) is 3.72. The van der Waals surface area contributed by atoms with E-state index in [2.05, 4.69) is 23.5 Å². The molecule has 0 heterocycles. The van der Waals surface area contributed by atoms with Gasteiger partial charge in [-0.1, -0.05) is 66.2 Å². The van der Waals surface area contributed by atoms with Crippen LogP contribution >= 0.6 is 0 Å². The van der Waals surface area contributed by atoms with Crippen molar-refractivity contribution in [3.63, 3.8) is 0 Å². The minimum Gasteiger partial charge on any atom is -0.322 e. The third-order valence-electron chi connectivity index (χ3n) is 4.14. The second-order valence-electron chi connectivity index (χ2n) is 6.09. The van der Waals surface area contributed by atoms with Gasteiger partial charge in [-0.05, 0) is 49.1 Å². The average molecular weight is 315 g/mol. The number of anilines is 1. The van der Waals surface area contributed by atoms with Crippen LogP contribution in [0.2, 0.25) is 0 Å². The fraction of sp³-hybridized carbons (Fsp3) is 0.136. The molecule has 2 heteroatoms. The lowest BCUT2D eigenvalue weighted by Gasteiger charge is -2.13. The van der Waals surface area contributed by atoms with Crippen molar-refractivity contribution in [2.24, 2.45) is 0 Å². The van der Waals surface area contributed by atoms with Crippen LogP contribution in [-0.4, -0.2) is 5.91 Å². The maximum Gasteiger partial charge on any atom is 0.255 e. The molecule has 0 aliphatic heterocycles. The van der Waals surface area contributed by atoms with Gasteiger partial charge in [-0.15, -0.1) is 0 Å². The van der Waals surface area contributed by atoms with Gasteiger partial charge in [0.25, 0.3) is 5.91 Å². The van der Waals surface area contributed by atoms with Gasteiger partial charge in [0.1, 0.15) is 0 Å². The largest absolute Gasteiger partial charge is 0.322 e. The molecule has 0 atom stereocenters. The highest BCUT2D eigenvalue weighted by molar-refractivity contribution is 6.05. The summed E-state index contributed by atoms with van der Waals surface area (Å²) in [5, 5.41) is 3.08. The second-order valence-corrected chi connectivity index (χ2v) is 6.09. The lowest BCUT2D eigenvalue weighted by molar-refractivity contribution is 0.102. The predicted molar refractivity (Wildman–Crippen MR) is 99.6 cm³/mol. The zero-order valence-corrected chi connectivity index (χ0v) is 14.0. The minimum atomic E-state index is -0.0586. The van der Waals surface area contributed by atoms with Crippen LogP contribution in [0.15, 0.2) is 72.8 Å². The molecule has 1 amide bonds. The van der Waals surface area contributed by atoms with Gasteiger partial charge in [0.15, 0.2) is 0 Å². The number of hydrogen-bond donors (Lipinski definition) is 1. The molecular weight excluding hydrogens is 294 g/mol. The Morgan fingerprint density at radius 3 is 2.38 bits per heavy atom. The molecule has 3 aromatic carbocycles. The van der Waals surface area contributed by atoms with Crippen molar-refractivity contribution in [3.05, 3.63) is 101 Å². The van der Waals surface area contributed by atoms with E-state index in [0.717, 1.165) is 34.4 Å². The van der Waals surface area contributed by atoms with Crippen molar-refractivity contribution < 1.29 is 4.79 Å². The fourth-order valence-electron chi connectivity index (χ4n) is 2.78. The van der Waals surface area contributed by atoms with Crippen molar-refractivity contribution in [3.8, 4) is 0 Å². The van der Waals surface area contributed by atoms with E-state index in [9.17, 15) is 4.79 Å². The number of hydrogen-bond acceptors (Lipinski definition) is 1. The van der Waals surface area contributed by atoms with E-state index in [-0.39, 0.29) is 5.91 Å². The van der Waals surface area contributed by atoms with E-state index in [4.69, 9.17) is 0 Å². The third-order valence-corrected chi connectivity index (χ3v) is 4.14. The van der Waals surface area contributed by atoms with Crippen molar-refractivity contribution in [2.75, 3.05) is 5.32 Å². The zero-order chi connectivity index (χ0) is 16.9. The molecule has 1 N–H and O–H groups in total. The monoisotopic (exact) mass is 315 g/mol.